The summed E-state index contributed by atoms with van der Waals surface area (Å²) >= 11 is 0. The molecule has 1 fully saturated rings. The van der Waals surface area contributed by atoms with E-state index in [4.69, 9.17) is 9.47 Å². The molecule has 3 aromatic carbocycles. The SMILES string of the molecule is COc1ccccc1N1CCC(NC(=O)OCC2c3ccccc3-c3ccccc32)(C(=O)O)CC1. The lowest BCUT2D eigenvalue weighted by molar-refractivity contribution is -0.145. The second-order valence-electron chi connectivity index (χ2n) is 9.00. The van der Waals surface area contributed by atoms with Crippen molar-refractivity contribution in [3.63, 3.8) is 0 Å². The average Bonchev–Trinajstić information content (AvgIpc) is 3.21. The first kappa shape index (κ1) is 22.8. The van der Waals surface area contributed by atoms with Crippen LogP contribution in [0.3, 0.4) is 0 Å². The molecule has 1 heterocycles. The number of carboxylic acids is 1. The fraction of sp³-hybridized carbons (Fsp3) is 0.286. The summed E-state index contributed by atoms with van der Waals surface area (Å²) in [5, 5.41) is 12.7. The normalized spacial score (nSPS) is 16.2. The van der Waals surface area contributed by atoms with Crippen molar-refractivity contribution < 1.29 is 24.2 Å². The Kier molecular flexibility index (Phi) is 6.07. The van der Waals surface area contributed by atoms with Crippen molar-refractivity contribution in [2.45, 2.75) is 24.3 Å². The standard InChI is InChI=1S/C28H28N2O5/c1-34-25-13-7-6-12-24(25)30-16-14-28(15-17-30,26(31)32)29-27(33)35-18-23-21-10-4-2-8-19(21)20-9-3-5-11-22(20)23/h2-13,23H,14-18H2,1H3,(H,29,33)(H,31,32). The fourth-order valence-electron chi connectivity index (χ4n) is 5.24. The minimum absolute atomic E-state index is 0.0821. The van der Waals surface area contributed by atoms with E-state index in [2.05, 4.69) is 22.3 Å². The summed E-state index contributed by atoms with van der Waals surface area (Å²) in [7, 11) is 1.61. The number of nitrogens with one attached hydrogen (secondary N) is 1. The molecule has 1 aliphatic heterocycles. The lowest BCUT2D eigenvalue weighted by atomic mass is 9.87. The number of hydrogen-bond acceptors (Lipinski definition) is 5. The Labute approximate surface area is 204 Å². The first-order valence-corrected chi connectivity index (χ1v) is 11.8. The summed E-state index contributed by atoms with van der Waals surface area (Å²) in [4.78, 5) is 27.2. The third-order valence-electron chi connectivity index (χ3n) is 7.14. The van der Waals surface area contributed by atoms with Crippen LogP contribution in [0, 0.1) is 0 Å². The average molecular weight is 473 g/mol. The topological polar surface area (TPSA) is 88.1 Å². The van der Waals surface area contributed by atoms with Gasteiger partial charge in [0, 0.05) is 19.0 Å². The smallest absolute Gasteiger partial charge is 0.408 e. The lowest BCUT2D eigenvalue weighted by Gasteiger charge is -2.40. The van der Waals surface area contributed by atoms with Crippen LogP contribution in [0.2, 0.25) is 0 Å². The number of hydrogen-bond donors (Lipinski definition) is 2. The molecule has 1 saturated heterocycles. The van der Waals surface area contributed by atoms with E-state index in [9.17, 15) is 14.7 Å². The number of amides is 1. The van der Waals surface area contributed by atoms with Crippen LogP contribution in [0.1, 0.15) is 29.9 Å². The van der Waals surface area contributed by atoms with Crippen molar-refractivity contribution >= 4 is 17.7 Å². The van der Waals surface area contributed by atoms with E-state index in [1.54, 1.807) is 7.11 Å². The first-order chi connectivity index (χ1) is 17.0. The number of alkyl carbamates (subject to hydrolysis) is 1. The maximum Gasteiger partial charge on any atom is 0.408 e. The number of fused-ring (bicyclic) bond motifs is 3. The van der Waals surface area contributed by atoms with E-state index < -0.39 is 17.6 Å². The number of ether oxygens (including phenoxy) is 2. The molecule has 7 nitrogen and oxygen atoms in total. The predicted molar refractivity (Wildman–Crippen MR) is 133 cm³/mol. The number of carbonyl (C=O) groups is 2. The van der Waals surface area contributed by atoms with Gasteiger partial charge in [0.05, 0.1) is 12.8 Å². The molecule has 0 atom stereocenters. The largest absolute Gasteiger partial charge is 0.495 e. The number of benzene rings is 3. The van der Waals surface area contributed by atoms with Gasteiger partial charge in [0.1, 0.15) is 17.9 Å². The van der Waals surface area contributed by atoms with Gasteiger partial charge in [-0.25, -0.2) is 9.59 Å². The third-order valence-corrected chi connectivity index (χ3v) is 7.14. The molecular formula is C28H28N2O5. The van der Waals surface area contributed by atoms with Crippen LogP contribution >= 0.6 is 0 Å². The number of piperidine rings is 1. The third kappa shape index (κ3) is 4.18. The molecule has 0 bridgehead atoms. The molecule has 1 aliphatic carbocycles. The van der Waals surface area contributed by atoms with Gasteiger partial charge in [-0.05, 0) is 47.2 Å². The van der Waals surface area contributed by atoms with Gasteiger partial charge < -0.3 is 24.8 Å². The summed E-state index contributed by atoms with van der Waals surface area (Å²) in [5.41, 5.74) is 4.04. The van der Waals surface area contributed by atoms with Gasteiger partial charge in [-0.1, -0.05) is 60.7 Å². The van der Waals surface area contributed by atoms with Gasteiger partial charge >= 0.3 is 12.1 Å². The van der Waals surface area contributed by atoms with Gasteiger partial charge in [-0.2, -0.15) is 0 Å². The van der Waals surface area contributed by atoms with Crippen LogP contribution in [0.4, 0.5) is 10.5 Å². The summed E-state index contributed by atoms with van der Waals surface area (Å²) in [6, 6.07) is 23.8. The van der Waals surface area contributed by atoms with Crippen LogP contribution in [-0.4, -0.2) is 49.5 Å². The number of anilines is 1. The van der Waals surface area contributed by atoms with E-state index in [-0.39, 0.29) is 25.4 Å². The number of rotatable bonds is 6. The second-order valence-corrected chi connectivity index (χ2v) is 9.00. The molecule has 0 radical (unpaired) electrons. The highest BCUT2D eigenvalue weighted by atomic mass is 16.5. The van der Waals surface area contributed by atoms with Crippen molar-refractivity contribution in [2.75, 3.05) is 31.7 Å². The zero-order valence-corrected chi connectivity index (χ0v) is 19.6. The molecular weight excluding hydrogens is 444 g/mol. The molecule has 2 aliphatic rings. The molecule has 0 unspecified atom stereocenters. The maximum absolute atomic E-state index is 12.8. The zero-order chi connectivity index (χ0) is 24.4. The Hall–Kier alpha value is -4.00. The minimum atomic E-state index is -1.37. The van der Waals surface area contributed by atoms with Gasteiger partial charge in [0.2, 0.25) is 0 Å². The van der Waals surface area contributed by atoms with Crippen molar-refractivity contribution in [1.29, 1.82) is 0 Å². The predicted octanol–water partition coefficient (Wildman–Crippen LogP) is 4.66. The molecule has 5 rings (SSSR count). The van der Waals surface area contributed by atoms with Crippen LogP contribution in [-0.2, 0) is 9.53 Å². The summed E-state index contributed by atoms with van der Waals surface area (Å²) in [5.74, 6) is -0.396. The van der Waals surface area contributed by atoms with Crippen molar-refractivity contribution in [2.24, 2.45) is 0 Å². The molecule has 2 N–H and O–H groups in total. The van der Waals surface area contributed by atoms with Crippen LogP contribution < -0.4 is 15.0 Å². The Balaban J connectivity index is 1.26. The van der Waals surface area contributed by atoms with Crippen LogP contribution in [0.25, 0.3) is 11.1 Å². The summed E-state index contributed by atoms with van der Waals surface area (Å²) in [6.07, 6.45) is -0.199. The van der Waals surface area contributed by atoms with Crippen molar-refractivity contribution in [3.8, 4) is 16.9 Å². The van der Waals surface area contributed by atoms with Crippen LogP contribution in [0.15, 0.2) is 72.8 Å². The first-order valence-electron chi connectivity index (χ1n) is 11.8. The van der Waals surface area contributed by atoms with Crippen LogP contribution in [0.5, 0.6) is 5.75 Å². The van der Waals surface area contributed by atoms with E-state index in [1.807, 2.05) is 60.7 Å². The molecule has 1 amide bonds. The number of methoxy groups -OCH3 is 1. The van der Waals surface area contributed by atoms with Gasteiger partial charge in [-0.15, -0.1) is 0 Å². The highest BCUT2D eigenvalue weighted by molar-refractivity contribution is 5.85. The molecule has 7 heteroatoms. The van der Waals surface area contributed by atoms with E-state index >= 15 is 0 Å². The van der Waals surface area contributed by atoms with E-state index in [0.717, 1.165) is 33.7 Å². The number of nitrogens with zero attached hydrogens (tertiary/aromatic N) is 1. The quantitative estimate of drug-likeness (QED) is 0.543. The maximum atomic E-state index is 12.8. The Bertz CT molecular complexity index is 1200. The molecule has 0 aromatic heterocycles. The van der Waals surface area contributed by atoms with Gasteiger partial charge in [0.15, 0.2) is 0 Å². The van der Waals surface area contributed by atoms with E-state index in [1.165, 1.54) is 0 Å². The minimum Gasteiger partial charge on any atom is -0.495 e. The number of para-hydroxylation sites is 2. The Morgan fingerprint density at radius 3 is 2.11 bits per heavy atom. The van der Waals surface area contributed by atoms with E-state index in [0.29, 0.717) is 13.1 Å². The summed E-state index contributed by atoms with van der Waals surface area (Å²) in [6.45, 7) is 1.08. The lowest BCUT2D eigenvalue weighted by Crippen LogP contribution is -2.60. The number of carbonyl (C=O) groups excluding carboxylic acids is 1. The molecule has 35 heavy (non-hydrogen) atoms. The molecule has 180 valence electrons. The monoisotopic (exact) mass is 472 g/mol. The Morgan fingerprint density at radius 1 is 0.943 bits per heavy atom. The highest BCUT2D eigenvalue weighted by Crippen LogP contribution is 2.44. The highest BCUT2D eigenvalue weighted by Gasteiger charge is 2.44. The number of aliphatic carboxylic acids is 1. The molecule has 0 spiro atoms. The van der Waals surface area contributed by atoms with Gasteiger partial charge in [-0.3, -0.25) is 0 Å². The van der Waals surface area contributed by atoms with Gasteiger partial charge in [0.25, 0.3) is 0 Å². The Morgan fingerprint density at radius 2 is 1.51 bits per heavy atom. The molecule has 0 saturated carbocycles. The summed E-state index contributed by atoms with van der Waals surface area (Å²) < 4.78 is 11.1. The molecule has 3 aromatic rings. The zero-order valence-electron chi connectivity index (χ0n) is 19.6. The fourth-order valence-corrected chi connectivity index (χ4v) is 5.24. The number of carboxylic acid groups (broad SMARTS) is 1. The van der Waals surface area contributed by atoms with Crippen molar-refractivity contribution in [3.05, 3.63) is 83.9 Å². The van der Waals surface area contributed by atoms with Crippen molar-refractivity contribution in [1.82, 2.24) is 5.32 Å². The second kappa shape index (κ2) is 9.33.